The molecular weight excluding hydrogens is 1090 g/mol. The van der Waals surface area contributed by atoms with Crippen LogP contribution in [0.5, 0.6) is 0 Å². The van der Waals surface area contributed by atoms with Crippen molar-refractivity contribution in [3.8, 4) is 78.0 Å². The molecule has 1 aliphatic rings. The predicted octanol–water partition coefficient (Wildman–Crippen LogP) is 20.7. The van der Waals surface area contributed by atoms with Crippen LogP contribution in [0.3, 0.4) is 0 Å². The third-order valence-corrected chi connectivity index (χ3v) is 16.8. The predicted molar refractivity (Wildman–Crippen MR) is 361 cm³/mol. The fourth-order valence-electron chi connectivity index (χ4n) is 10.8. The summed E-state index contributed by atoms with van der Waals surface area (Å²) in [6.45, 7) is 17.2. The van der Waals surface area contributed by atoms with Crippen LogP contribution in [-0.2, 0) is 15.5 Å². The van der Waals surface area contributed by atoms with E-state index >= 15 is 0 Å². The second kappa shape index (κ2) is 26.7. The number of benzene rings is 9. The Hall–Kier alpha value is -9.33. The standard InChI is InChI=1S/C66H49N2.C7H10N2.C7H15N.Co/c1-44-38-45(2)63(46(3)39-44)66(61-36-34-59(67-61)64-55(49-26-14-6-15-27-49)40-53(47-22-10-4-11-23-47)41-56(64)50-28-16-7-17-29-50)62-37-35-60(68-62)65-57(51-30-18-8-19-31-51)42-54(48-24-12-5-13-25-48)43-58(65)52-32-20-9-21-33-52;1-9(2)7-3-5-8-6-4-7;1-6(2,3)7(4,5)8;/h4-43H,1-3H3;3-6H,1-2H3;1-5H3;/q-1;;;/b66-61+;;;. The second-order valence-corrected chi connectivity index (χ2v) is 23.9. The van der Waals surface area contributed by atoms with Gasteiger partial charge >= 0.3 is 65.1 Å². The first-order valence-electron chi connectivity index (χ1n) is 29.4. The van der Waals surface area contributed by atoms with Gasteiger partial charge in [0, 0.05) is 37.7 Å². The average molecular weight is 1160 g/mol. The number of anilines is 1. The van der Waals surface area contributed by atoms with Gasteiger partial charge in [0.05, 0.1) is 11.4 Å². The van der Waals surface area contributed by atoms with Gasteiger partial charge in [-0.1, -0.05) is 212 Å². The molecule has 0 saturated heterocycles. The molecule has 12 rings (SSSR count). The summed E-state index contributed by atoms with van der Waals surface area (Å²) in [6.07, 6.45) is 7.98. The topological polar surface area (TPSA) is 55.0 Å². The number of aliphatic imine (C=N–C) groups is 1. The number of rotatable bonds is 12. The van der Waals surface area contributed by atoms with Crippen LogP contribution in [0.15, 0.2) is 282 Å². The van der Waals surface area contributed by atoms with E-state index in [2.05, 4.69) is 323 Å². The SMILES string of the molecule is CC(C)(C)C(C)(C)[N]=[Co].CN(C)c1ccncc1.Cc1cc(C)c(/C(=C2\C=CC(c3c(-c4ccccc4)cc(-c4ccccc4)cc3-c3ccccc3)=N2)c2ccc(-c3c(-c4ccccc4)cc(-c4ccccc4)cc3-c3ccccc3)[n-]2)c(C)c1. The number of hydrogen-bond donors (Lipinski definition) is 0. The zero-order chi connectivity index (χ0) is 60.4. The maximum atomic E-state index is 5.69. The number of allylic oxidation sites excluding steroid dienone is 2. The van der Waals surface area contributed by atoms with E-state index in [0.717, 1.165) is 101 Å². The molecule has 6 heteroatoms. The van der Waals surface area contributed by atoms with Crippen molar-refractivity contribution >= 4 is 17.0 Å². The zero-order valence-corrected chi connectivity index (χ0v) is 52.0. The molecule has 0 amide bonds. The van der Waals surface area contributed by atoms with Crippen molar-refractivity contribution in [1.29, 1.82) is 0 Å². The van der Waals surface area contributed by atoms with Crippen LogP contribution in [0.2, 0.25) is 0 Å². The summed E-state index contributed by atoms with van der Waals surface area (Å²) in [5, 5.41) is 0. The van der Waals surface area contributed by atoms with Gasteiger partial charge in [0.15, 0.2) is 0 Å². The number of hydrogen-bond acceptors (Lipinski definition) is 4. The van der Waals surface area contributed by atoms with Crippen molar-refractivity contribution in [3.05, 3.63) is 306 Å². The molecule has 0 saturated carbocycles. The molecule has 0 fully saturated rings. The minimum absolute atomic E-state index is 0.0347. The molecule has 11 aromatic rings. The second-order valence-electron chi connectivity index (χ2n) is 23.7. The van der Waals surface area contributed by atoms with Crippen LogP contribution in [0.4, 0.5) is 5.69 Å². The third kappa shape index (κ3) is 13.6. The molecule has 9 aromatic carbocycles. The van der Waals surface area contributed by atoms with Crippen molar-refractivity contribution in [2.75, 3.05) is 19.0 Å². The molecule has 0 aliphatic carbocycles. The van der Waals surface area contributed by atoms with Crippen molar-refractivity contribution < 1.29 is 15.5 Å². The van der Waals surface area contributed by atoms with Gasteiger partial charge < -0.3 is 9.88 Å². The Bertz CT molecular complexity index is 4050. The number of nitrogens with zero attached hydrogens (tertiary/aromatic N) is 5. The maximum absolute atomic E-state index is 5.69. The molecule has 86 heavy (non-hydrogen) atoms. The van der Waals surface area contributed by atoms with E-state index in [1.165, 1.54) is 33.5 Å². The fourth-order valence-corrected chi connectivity index (χ4v) is 11.2. The molecule has 0 atom stereocenters. The summed E-state index contributed by atoms with van der Waals surface area (Å²) in [4.78, 5) is 17.3. The van der Waals surface area contributed by atoms with Gasteiger partial charge in [0.1, 0.15) is 0 Å². The van der Waals surface area contributed by atoms with Crippen molar-refractivity contribution in [1.82, 2.24) is 9.97 Å². The van der Waals surface area contributed by atoms with Gasteiger partial charge in [0.2, 0.25) is 0 Å². The van der Waals surface area contributed by atoms with Gasteiger partial charge in [-0.25, -0.2) is 4.99 Å². The largest absolute Gasteiger partial charge is 0.657 e. The Morgan fingerprint density at radius 3 is 1.17 bits per heavy atom. The average Bonchev–Trinajstić information content (AvgIpc) is 1.66. The summed E-state index contributed by atoms with van der Waals surface area (Å²) in [5.74, 6) is 0. The van der Waals surface area contributed by atoms with Crippen molar-refractivity contribution in [2.45, 2.75) is 60.9 Å². The monoisotopic (exact) mass is 1160 g/mol. The molecule has 3 heterocycles. The van der Waals surface area contributed by atoms with Crippen LogP contribution in [0.25, 0.3) is 83.6 Å². The van der Waals surface area contributed by atoms with E-state index in [1.54, 1.807) is 12.4 Å². The first-order chi connectivity index (χ1) is 41.6. The van der Waals surface area contributed by atoms with Crippen molar-refractivity contribution in [3.63, 3.8) is 0 Å². The van der Waals surface area contributed by atoms with Gasteiger partial charge in [-0.05, 0) is 164 Å². The van der Waals surface area contributed by atoms with E-state index in [-0.39, 0.29) is 11.0 Å². The first-order valence-corrected chi connectivity index (χ1v) is 29.9. The van der Waals surface area contributed by atoms with E-state index in [4.69, 9.17) is 9.98 Å². The van der Waals surface area contributed by atoms with E-state index < -0.39 is 0 Å². The number of aryl methyl sites for hydroxylation is 3. The van der Waals surface area contributed by atoms with Crippen LogP contribution in [0.1, 0.15) is 68.1 Å². The molecule has 0 spiro atoms. The smallest absolute Gasteiger partial charge is 0.0722 e. The van der Waals surface area contributed by atoms with Gasteiger partial charge in [-0.2, -0.15) is 0 Å². The summed E-state index contributed by atoms with van der Waals surface area (Å²) in [5.41, 5.74) is 26.7. The Balaban J connectivity index is 0.000000393. The van der Waals surface area contributed by atoms with Gasteiger partial charge in [-0.3, -0.25) is 4.98 Å². The minimum atomic E-state index is -0.0347. The molecule has 429 valence electrons. The minimum Gasteiger partial charge on any atom is -0.657 e. The Morgan fingerprint density at radius 2 is 0.826 bits per heavy atom. The Kier molecular flexibility index (Phi) is 18.6. The quantitative estimate of drug-likeness (QED) is 0.122. The molecule has 5 nitrogen and oxygen atoms in total. The van der Waals surface area contributed by atoms with Crippen LogP contribution >= 0.6 is 0 Å². The number of aromatic nitrogens is 2. The number of pyridine rings is 1. The summed E-state index contributed by atoms with van der Waals surface area (Å²) < 4.78 is 3.98. The van der Waals surface area contributed by atoms with Crippen molar-refractivity contribution in [2.24, 2.45) is 14.4 Å². The first kappa shape index (κ1) is 59.8. The van der Waals surface area contributed by atoms with Crippen LogP contribution in [0, 0.1) is 26.2 Å². The van der Waals surface area contributed by atoms with Gasteiger partial charge in [-0.15, -0.1) is 11.4 Å². The normalized spacial score (nSPS) is 12.5. The molecule has 1 aliphatic heterocycles. The van der Waals surface area contributed by atoms with E-state index in [1.807, 2.05) is 31.1 Å². The maximum Gasteiger partial charge on any atom is 0.0722 e. The molecular formula is C80H74CoN5-. The van der Waals surface area contributed by atoms with Gasteiger partial charge in [0.25, 0.3) is 0 Å². The molecule has 2 aromatic heterocycles. The van der Waals surface area contributed by atoms with Crippen LogP contribution in [-0.4, -0.2) is 30.3 Å². The zero-order valence-electron chi connectivity index (χ0n) is 51.0. The van der Waals surface area contributed by atoms with Crippen LogP contribution < -0.4 is 9.88 Å². The molecule has 0 unspecified atom stereocenters. The Labute approximate surface area is 518 Å². The molecule has 0 N–H and O–H groups in total. The Morgan fingerprint density at radius 1 is 0.442 bits per heavy atom. The summed E-state index contributed by atoms with van der Waals surface area (Å²) >= 11 is 3.97. The summed E-state index contributed by atoms with van der Waals surface area (Å²) in [6, 6.07) is 86.5. The van der Waals surface area contributed by atoms with E-state index in [9.17, 15) is 0 Å². The summed E-state index contributed by atoms with van der Waals surface area (Å²) in [7, 11) is 4.02. The fraction of sp³-hybridized carbons (Fsp3) is 0.150. The molecule has 0 radical (unpaired) electrons. The third-order valence-electron chi connectivity index (χ3n) is 16.3. The van der Waals surface area contributed by atoms with E-state index in [0.29, 0.717) is 0 Å². The molecule has 0 bridgehead atoms.